The van der Waals surface area contributed by atoms with E-state index >= 15 is 0 Å². The number of aromatic nitrogens is 1. The Labute approximate surface area is 132 Å². The molecule has 0 N–H and O–H groups in total. The van der Waals surface area contributed by atoms with Crippen LogP contribution in [0.15, 0.2) is 30.5 Å². The van der Waals surface area contributed by atoms with E-state index < -0.39 is 30.1 Å². The fraction of sp³-hybridized carbons (Fsp3) is 0.438. The highest BCUT2D eigenvalue weighted by Gasteiger charge is 2.52. The first-order chi connectivity index (χ1) is 10.5. The summed E-state index contributed by atoms with van der Waals surface area (Å²) in [5, 5.41) is 0.390. The number of fused-ring (bicyclic) bond motifs is 1. The minimum absolute atomic E-state index is 0.0905. The lowest BCUT2D eigenvalue weighted by molar-refractivity contribution is -0.136. The third-order valence-corrected chi connectivity index (χ3v) is 4.62. The molecule has 2 heterocycles. The molecule has 0 bridgehead atoms. The molecule has 23 heavy (non-hydrogen) atoms. The summed E-state index contributed by atoms with van der Waals surface area (Å²) in [7, 11) is -0.728. The summed E-state index contributed by atoms with van der Waals surface area (Å²) < 4.78 is 51.4. The lowest BCUT2D eigenvalue weighted by Crippen LogP contribution is -2.41. The molecule has 1 aromatic heterocycles. The van der Waals surface area contributed by atoms with Crippen molar-refractivity contribution in [2.75, 3.05) is 0 Å². The van der Waals surface area contributed by atoms with Crippen LogP contribution in [0.25, 0.3) is 10.9 Å². The molecule has 1 aromatic carbocycles. The maximum absolute atomic E-state index is 13.2. The molecule has 0 unspecified atom stereocenters. The standard InChI is InChI=1S/C16H17BF3NO2/c1-14(2)15(3,4)23-17(22-14)12-8-7-11(16(18,19)20)13-10(12)6-5-9-21-13/h5-9H,1-4H3. The normalized spacial score (nSPS) is 20.2. The maximum atomic E-state index is 13.2. The second kappa shape index (κ2) is 4.95. The molecule has 122 valence electrons. The van der Waals surface area contributed by atoms with E-state index in [2.05, 4.69) is 4.98 Å². The molecule has 0 atom stereocenters. The van der Waals surface area contributed by atoms with Gasteiger partial charge >= 0.3 is 13.3 Å². The number of halogens is 3. The van der Waals surface area contributed by atoms with Gasteiger partial charge in [-0.15, -0.1) is 0 Å². The summed E-state index contributed by atoms with van der Waals surface area (Å²) in [5.41, 5.74) is -1.41. The molecule has 1 fully saturated rings. The molecule has 0 radical (unpaired) electrons. The van der Waals surface area contributed by atoms with E-state index in [0.717, 1.165) is 6.07 Å². The van der Waals surface area contributed by atoms with E-state index in [1.807, 2.05) is 27.7 Å². The van der Waals surface area contributed by atoms with Crippen LogP contribution in [0, 0.1) is 0 Å². The van der Waals surface area contributed by atoms with Crippen LogP contribution >= 0.6 is 0 Å². The minimum atomic E-state index is -4.46. The summed E-state index contributed by atoms with van der Waals surface area (Å²) >= 11 is 0. The van der Waals surface area contributed by atoms with Crippen molar-refractivity contribution in [2.24, 2.45) is 0 Å². The monoisotopic (exact) mass is 323 g/mol. The van der Waals surface area contributed by atoms with Gasteiger partial charge in [-0.05, 0) is 45.3 Å². The van der Waals surface area contributed by atoms with Gasteiger partial charge in [0.25, 0.3) is 0 Å². The first kappa shape index (κ1) is 16.3. The van der Waals surface area contributed by atoms with Crippen LogP contribution in [0.3, 0.4) is 0 Å². The molecule has 1 aliphatic heterocycles. The topological polar surface area (TPSA) is 31.4 Å². The number of pyridine rings is 1. The first-order valence-corrected chi connectivity index (χ1v) is 7.33. The van der Waals surface area contributed by atoms with E-state index in [1.54, 1.807) is 12.1 Å². The Morgan fingerprint density at radius 1 is 1.00 bits per heavy atom. The number of alkyl halides is 3. The Kier molecular flexibility index (Phi) is 3.50. The minimum Gasteiger partial charge on any atom is -0.399 e. The van der Waals surface area contributed by atoms with Crippen molar-refractivity contribution >= 4 is 23.5 Å². The highest BCUT2D eigenvalue weighted by atomic mass is 19.4. The molecule has 0 saturated carbocycles. The molecule has 3 nitrogen and oxygen atoms in total. The summed E-state index contributed by atoms with van der Waals surface area (Å²) in [4.78, 5) is 3.92. The van der Waals surface area contributed by atoms with Gasteiger partial charge in [0.05, 0.1) is 22.3 Å². The highest BCUT2D eigenvalue weighted by Crippen LogP contribution is 2.38. The molecule has 2 aromatic rings. The van der Waals surface area contributed by atoms with Crippen molar-refractivity contribution in [3.05, 3.63) is 36.0 Å². The lowest BCUT2D eigenvalue weighted by Gasteiger charge is -2.32. The zero-order chi connectivity index (χ0) is 17.0. The zero-order valence-corrected chi connectivity index (χ0v) is 13.4. The van der Waals surface area contributed by atoms with Crippen LogP contribution in [-0.2, 0) is 15.5 Å². The predicted octanol–water partition coefficient (Wildman–Crippen LogP) is 3.55. The molecule has 0 amide bonds. The number of rotatable bonds is 1. The summed E-state index contributed by atoms with van der Waals surface area (Å²) in [6, 6.07) is 5.67. The van der Waals surface area contributed by atoms with E-state index in [-0.39, 0.29) is 5.52 Å². The van der Waals surface area contributed by atoms with Crippen LogP contribution in [-0.4, -0.2) is 23.3 Å². The zero-order valence-electron chi connectivity index (χ0n) is 13.4. The number of benzene rings is 1. The molecule has 0 aliphatic carbocycles. The third-order valence-electron chi connectivity index (χ3n) is 4.62. The van der Waals surface area contributed by atoms with Crippen LogP contribution in [0.1, 0.15) is 33.3 Å². The van der Waals surface area contributed by atoms with Crippen molar-refractivity contribution < 1.29 is 22.5 Å². The Balaban J connectivity index is 2.15. The fourth-order valence-electron chi connectivity index (χ4n) is 2.60. The first-order valence-electron chi connectivity index (χ1n) is 7.33. The van der Waals surface area contributed by atoms with Crippen molar-refractivity contribution in [3.63, 3.8) is 0 Å². The van der Waals surface area contributed by atoms with Crippen LogP contribution in [0.5, 0.6) is 0 Å². The molecule has 0 spiro atoms. The summed E-state index contributed by atoms with van der Waals surface area (Å²) in [5.74, 6) is 0. The fourth-order valence-corrected chi connectivity index (χ4v) is 2.60. The van der Waals surface area contributed by atoms with E-state index in [0.29, 0.717) is 10.8 Å². The Hall–Kier alpha value is -1.60. The SMILES string of the molecule is CC1(C)OB(c2ccc(C(F)(F)F)c3ncccc23)OC1(C)C. The van der Waals surface area contributed by atoms with Gasteiger partial charge in [-0.25, -0.2) is 0 Å². The predicted molar refractivity (Wildman–Crippen MR) is 82.5 cm³/mol. The average Bonchev–Trinajstić information content (AvgIpc) is 2.65. The second-order valence-electron chi connectivity index (χ2n) is 6.69. The quantitative estimate of drug-likeness (QED) is 0.752. The van der Waals surface area contributed by atoms with Gasteiger partial charge in [0, 0.05) is 11.6 Å². The van der Waals surface area contributed by atoms with Crippen molar-refractivity contribution in [3.8, 4) is 0 Å². The highest BCUT2D eigenvalue weighted by molar-refractivity contribution is 6.65. The Morgan fingerprint density at radius 2 is 1.61 bits per heavy atom. The molecule has 7 heteroatoms. The van der Waals surface area contributed by atoms with Gasteiger partial charge in [0.1, 0.15) is 0 Å². The molecular weight excluding hydrogens is 306 g/mol. The van der Waals surface area contributed by atoms with Gasteiger partial charge in [0.15, 0.2) is 0 Å². The van der Waals surface area contributed by atoms with E-state index in [1.165, 1.54) is 12.3 Å². The smallest absolute Gasteiger partial charge is 0.399 e. The molecule has 1 aliphatic rings. The van der Waals surface area contributed by atoms with Crippen LogP contribution in [0.2, 0.25) is 0 Å². The van der Waals surface area contributed by atoms with E-state index in [4.69, 9.17) is 9.31 Å². The number of hydrogen-bond donors (Lipinski definition) is 0. The molecular formula is C16H17BF3NO2. The summed E-state index contributed by atoms with van der Waals surface area (Å²) in [6.45, 7) is 7.60. The van der Waals surface area contributed by atoms with Gasteiger partial charge in [-0.2, -0.15) is 13.2 Å². The molecule has 1 saturated heterocycles. The van der Waals surface area contributed by atoms with Crippen LogP contribution in [0.4, 0.5) is 13.2 Å². The number of nitrogens with zero attached hydrogens (tertiary/aromatic N) is 1. The Morgan fingerprint density at radius 3 is 2.17 bits per heavy atom. The lowest BCUT2D eigenvalue weighted by atomic mass is 9.76. The maximum Gasteiger partial charge on any atom is 0.495 e. The third kappa shape index (κ3) is 2.62. The average molecular weight is 323 g/mol. The van der Waals surface area contributed by atoms with Crippen LogP contribution < -0.4 is 5.46 Å². The van der Waals surface area contributed by atoms with E-state index in [9.17, 15) is 13.2 Å². The van der Waals surface area contributed by atoms with Gasteiger partial charge in [-0.3, -0.25) is 4.98 Å². The Bertz CT molecular complexity index is 743. The van der Waals surface area contributed by atoms with Gasteiger partial charge < -0.3 is 9.31 Å². The van der Waals surface area contributed by atoms with Gasteiger partial charge in [-0.1, -0.05) is 12.1 Å². The van der Waals surface area contributed by atoms with Crippen molar-refractivity contribution in [2.45, 2.75) is 45.1 Å². The molecule has 3 rings (SSSR count). The van der Waals surface area contributed by atoms with Crippen molar-refractivity contribution in [1.29, 1.82) is 0 Å². The largest absolute Gasteiger partial charge is 0.495 e. The second-order valence-corrected chi connectivity index (χ2v) is 6.69. The summed E-state index contributed by atoms with van der Waals surface area (Å²) in [6.07, 6.45) is -3.10. The number of hydrogen-bond acceptors (Lipinski definition) is 3. The van der Waals surface area contributed by atoms with Crippen molar-refractivity contribution in [1.82, 2.24) is 4.98 Å². The van der Waals surface area contributed by atoms with Gasteiger partial charge in [0.2, 0.25) is 0 Å².